The molecule has 0 bridgehead atoms. The van der Waals surface area contributed by atoms with Crippen molar-refractivity contribution in [2.24, 2.45) is 35.0 Å². The molecule has 1 heteroatoms. The van der Waals surface area contributed by atoms with Crippen LogP contribution in [0.3, 0.4) is 0 Å². The van der Waals surface area contributed by atoms with Crippen molar-refractivity contribution in [3.63, 3.8) is 0 Å². The first-order valence-corrected chi connectivity index (χ1v) is 9.45. The normalized spacial score (nSPS) is 49.3. The highest BCUT2D eigenvalue weighted by atomic mass is 14.8. The van der Waals surface area contributed by atoms with Crippen molar-refractivity contribution in [2.75, 3.05) is 0 Å². The first-order valence-electron chi connectivity index (χ1n) is 9.45. The summed E-state index contributed by atoms with van der Waals surface area (Å²) in [5, 5.41) is 0. The molecule has 0 radical (unpaired) electrons. The topological polar surface area (TPSA) is 4.36 Å². The number of rotatable bonds is 0. The van der Waals surface area contributed by atoms with Crippen LogP contribution in [-0.4, -0.2) is 5.54 Å². The van der Waals surface area contributed by atoms with Gasteiger partial charge in [-0.15, -0.1) is 0 Å². The third-order valence-electron chi connectivity index (χ3n) is 7.78. The maximum atomic E-state index is 7.81. The van der Waals surface area contributed by atoms with Gasteiger partial charge in [-0.25, -0.2) is 6.57 Å². The number of nitrogens with zero attached hydrogens (tertiary/aromatic N) is 1. The summed E-state index contributed by atoms with van der Waals surface area (Å²) in [4.78, 5) is 4.17. The van der Waals surface area contributed by atoms with Gasteiger partial charge in [0, 0.05) is 19.3 Å². The van der Waals surface area contributed by atoms with E-state index in [0.29, 0.717) is 11.3 Å². The molecule has 0 aromatic heterocycles. The van der Waals surface area contributed by atoms with Crippen molar-refractivity contribution in [3.05, 3.63) is 22.6 Å². The molecule has 22 heavy (non-hydrogen) atoms. The standard InChI is InChI=1S/C21H31N/c1-13-10-15-12-20(2,3)11-14-6-7-17-19(18(14)15)16(13)8-9-21(17,4)22-5/h13,15-17,19H,6-12H2,1-4H3/t13-,15-,16+,17+,19+,21-/m0/s1. The number of hydrogen-bond acceptors (Lipinski definition) is 0. The lowest BCUT2D eigenvalue weighted by Gasteiger charge is -2.57. The third kappa shape index (κ3) is 1.95. The van der Waals surface area contributed by atoms with Crippen molar-refractivity contribution in [3.8, 4) is 0 Å². The molecule has 4 rings (SSSR count). The minimum absolute atomic E-state index is 0.0751. The largest absolute Gasteiger partial charge is 0.310 e. The second-order valence-electron chi connectivity index (χ2n) is 9.86. The van der Waals surface area contributed by atoms with Crippen molar-refractivity contribution in [1.29, 1.82) is 0 Å². The monoisotopic (exact) mass is 297 g/mol. The van der Waals surface area contributed by atoms with E-state index in [0.717, 1.165) is 30.1 Å². The van der Waals surface area contributed by atoms with Gasteiger partial charge >= 0.3 is 0 Å². The lowest BCUT2D eigenvalue weighted by atomic mass is 9.46. The molecule has 120 valence electrons. The maximum Gasteiger partial charge on any atom is 0.233 e. The molecule has 0 N–H and O–H groups in total. The molecule has 6 atom stereocenters. The molecule has 1 nitrogen and oxygen atoms in total. The first-order chi connectivity index (χ1) is 10.3. The zero-order valence-corrected chi connectivity index (χ0v) is 14.8. The van der Waals surface area contributed by atoms with Gasteiger partial charge in [0.15, 0.2) is 0 Å². The minimum Gasteiger partial charge on any atom is -0.310 e. The van der Waals surface area contributed by atoms with Gasteiger partial charge in [-0.1, -0.05) is 31.9 Å². The van der Waals surface area contributed by atoms with Crippen LogP contribution in [-0.2, 0) is 0 Å². The highest BCUT2D eigenvalue weighted by Gasteiger charge is 2.58. The second kappa shape index (κ2) is 4.62. The average Bonchev–Trinajstić information content (AvgIpc) is 2.45. The summed E-state index contributed by atoms with van der Waals surface area (Å²) in [6, 6.07) is 0. The van der Waals surface area contributed by atoms with Gasteiger partial charge in [-0.2, -0.15) is 0 Å². The summed E-state index contributed by atoms with van der Waals surface area (Å²) in [5.41, 5.74) is 4.14. The Labute approximate surface area is 136 Å². The SMILES string of the molecule is [C-]#[N+][C@@]1(C)CC[C@H]2[C@H]3C4=C(CC[C@H]31)CC(C)(C)C[C@@H]4C[C@@H]2C. The maximum absolute atomic E-state index is 7.81. The van der Waals surface area contributed by atoms with Crippen LogP contribution in [0.1, 0.15) is 72.6 Å². The molecule has 0 unspecified atom stereocenters. The summed E-state index contributed by atoms with van der Waals surface area (Å²) in [6.45, 7) is 17.5. The Bertz CT molecular complexity index is 563. The van der Waals surface area contributed by atoms with Gasteiger partial charge in [0.25, 0.3) is 0 Å². The third-order valence-corrected chi connectivity index (χ3v) is 7.78. The van der Waals surface area contributed by atoms with E-state index in [1.165, 1.54) is 38.5 Å². The quantitative estimate of drug-likeness (QED) is 0.389. The molecule has 0 amide bonds. The van der Waals surface area contributed by atoms with Crippen molar-refractivity contribution < 1.29 is 0 Å². The molecule has 4 aliphatic rings. The van der Waals surface area contributed by atoms with Crippen molar-refractivity contribution >= 4 is 0 Å². The second-order valence-corrected chi connectivity index (χ2v) is 9.86. The Kier molecular flexibility index (Phi) is 3.11. The zero-order chi connectivity index (χ0) is 15.7. The van der Waals surface area contributed by atoms with Crippen LogP contribution in [0.15, 0.2) is 11.1 Å². The highest BCUT2D eigenvalue weighted by Crippen LogP contribution is 2.63. The lowest BCUT2D eigenvalue weighted by molar-refractivity contribution is 0.0165. The fourth-order valence-electron chi connectivity index (χ4n) is 6.95. The van der Waals surface area contributed by atoms with Crippen LogP contribution < -0.4 is 0 Å². The molecule has 2 saturated carbocycles. The van der Waals surface area contributed by atoms with E-state index < -0.39 is 0 Å². The van der Waals surface area contributed by atoms with Gasteiger partial charge in [-0.3, -0.25) is 0 Å². The zero-order valence-electron chi connectivity index (χ0n) is 14.8. The molecule has 0 spiro atoms. The summed E-state index contributed by atoms with van der Waals surface area (Å²) in [5.74, 6) is 3.99. The summed E-state index contributed by atoms with van der Waals surface area (Å²) >= 11 is 0. The van der Waals surface area contributed by atoms with Crippen LogP contribution in [0.2, 0.25) is 0 Å². The molecule has 0 aromatic rings. The van der Waals surface area contributed by atoms with E-state index in [1.807, 2.05) is 11.1 Å². The van der Waals surface area contributed by atoms with E-state index >= 15 is 0 Å². The van der Waals surface area contributed by atoms with Crippen LogP contribution >= 0.6 is 0 Å². The molecule has 0 saturated heterocycles. The van der Waals surface area contributed by atoms with Gasteiger partial charge in [0.05, 0.1) is 0 Å². The van der Waals surface area contributed by atoms with E-state index in [4.69, 9.17) is 6.57 Å². The Hall–Kier alpha value is -0.770. The predicted molar refractivity (Wildman–Crippen MR) is 91.3 cm³/mol. The van der Waals surface area contributed by atoms with Gasteiger partial charge < -0.3 is 4.85 Å². The van der Waals surface area contributed by atoms with Gasteiger partial charge in [0.1, 0.15) is 0 Å². The fraction of sp³-hybridized carbons (Fsp3) is 0.857. The van der Waals surface area contributed by atoms with Crippen LogP contribution in [0.5, 0.6) is 0 Å². The molecule has 0 heterocycles. The van der Waals surface area contributed by atoms with Gasteiger partial charge in [0.2, 0.25) is 5.54 Å². The van der Waals surface area contributed by atoms with Crippen LogP contribution in [0, 0.1) is 41.6 Å². The van der Waals surface area contributed by atoms with E-state index in [9.17, 15) is 0 Å². The molecular formula is C21H31N. The van der Waals surface area contributed by atoms with Gasteiger partial charge in [-0.05, 0) is 67.6 Å². The Morgan fingerprint density at radius 1 is 1.18 bits per heavy atom. The van der Waals surface area contributed by atoms with Crippen LogP contribution in [0.25, 0.3) is 4.85 Å². The summed E-state index contributed by atoms with van der Waals surface area (Å²) < 4.78 is 0. The molecule has 0 aliphatic heterocycles. The van der Waals surface area contributed by atoms with Crippen LogP contribution in [0.4, 0.5) is 0 Å². The molecular weight excluding hydrogens is 266 g/mol. The Morgan fingerprint density at radius 3 is 2.68 bits per heavy atom. The number of allylic oxidation sites excluding steroid dienone is 2. The smallest absolute Gasteiger partial charge is 0.233 e. The predicted octanol–water partition coefficient (Wildman–Crippen LogP) is 5.87. The molecule has 2 fully saturated rings. The fourth-order valence-corrected chi connectivity index (χ4v) is 6.95. The van der Waals surface area contributed by atoms with E-state index in [-0.39, 0.29) is 5.54 Å². The Morgan fingerprint density at radius 2 is 1.95 bits per heavy atom. The van der Waals surface area contributed by atoms with Crippen molar-refractivity contribution in [1.82, 2.24) is 0 Å². The summed E-state index contributed by atoms with van der Waals surface area (Å²) in [7, 11) is 0. The highest BCUT2D eigenvalue weighted by molar-refractivity contribution is 5.34. The first kappa shape index (κ1) is 14.8. The molecule has 4 aliphatic carbocycles. The number of hydrogen-bond donors (Lipinski definition) is 0. The van der Waals surface area contributed by atoms with E-state index in [1.54, 1.807) is 0 Å². The summed E-state index contributed by atoms with van der Waals surface area (Å²) in [6.07, 6.45) is 9.17. The van der Waals surface area contributed by atoms with Crippen molar-refractivity contribution in [2.45, 2.75) is 78.2 Å². The lowest BCUT2D eigenvalue weighted by Crippen LogP contribution is -2.53. The molecule has 0 aromatic carbocycles. The minimum atomic E-state index is -0.0751. The average molecular weight is 297 g/mol. The van der Waals surface area contributed by atoms with E-state index in [2.05, 4.69) is 32.5 Å². The Balaban J connectivity index is 1.81.